The molecule has 0 aliphatic heterocycles. The van der Waals surface area contributed by atoms with Crippen molar-refractivity contribution in [3.05, 3.63) is 15.9 Å². The van der Waals surface area contributed by atoms with Gasteiger partial charge in [0.1, 0.15) is 0 Å². The van der Waals surface area contributed by atoms with E-state index in [4.69, 9.17) is 0 Å². The maximum Gasteiger partial charge on any atom is 0.0738 e. The van der Waals surface area contributed by atoms with Crippen molar-refractivity contribution < 1.29 is 0 Å². The first-order chi connectivity index (χ1) is 8.83. The SMILES string of the molecule is Cc1nn(C)c(CC(C)(CNC2CC2)C(C)C)c1Br. The number of hydrogen-bond donors (Lipinski definition) is 1. The molecule has 0 bridgehead atoms. The lowest BCUT2D eigenvalue weighted by Crippen LogP contribution is -2.39. The predicted octanol–water partition coefficient (Wildman–Crippen LogP) is 3.45. The molecule has 0 saturated heterocycles. The molecule has 19 heavy (non-hydrogen) atoms. The van der Waals surface area contributed by atoms with Crippen molar-refractivity contribution in [3.8, 4) is 0 Å². The van der Waals surface area contributed by atoms with Gasteiger partial charge in [-0.2, -0.15) is 5.10 Å². The predicted molar refractivity (Wildman–Crippen MR) is 83.3 cm³/mol. The van der Waals surface area contributed by atoms with E-state index in [1.165, 1.54) is 23.0 Å². The lowest BCUT2D eigenvalue weighted by atomic mass is 9.75. The van der Waals surface area contributed by atoms with Gasteiger partial charge in [0.25, 0.3) is 0 Å². The van der Waals surface area contributed by atoms with Crippen LogP contribution in [-0.2, 0) is 13.5 Å². The molecule has 0 radical (unpaired) electrons. The first-order valence-corrected chi connectivity index (χ1v) is 8.04. The lowest BCUT2D eigenvalue weighted by molar-refractivity contribution is 0.202. The highest BCUT2D eigenvalue weighted by molar-refractivity contribution is 9.10. The number of hydrogen-bond acceptors (Lipinski definition) is 2. The number of nitrogens with one attached hydrogen (secondary N) is 1. The number of nitrogens with zero attached hydrogens (tertiary/aromatic N) is 2. The fraction of sp³-hybridized carbons (Fsp3) is 0.800. The van der Waals surface area contributed by atoms with Crippen LogP contribution < -0.4 is 5.32 Å². The molecular formula is C15H26BrN3. The summed E-state index contributed by atoms with van der Waals surface area (Å²) in [6.07, 6.45) is 3.76. The fourth-order valence-electron chi connectivity index (χ4n) is 2.39. The Morgan fingerprint density at radius 1 is 1.47 bits per heavy atom. The molecule has 0 aromatic carbocycles. The molecule has 1 aromatic heterocycles. The van der Waals surface area contributed by atoms with E-state index in [9.17, 15) is 0 Å². The van der Waals surface area contributed by atoms with E-state index >= 15 is 0 Å². The number of aryl methyl sites for hydroxylation is 2. The monoisotopic (exact) mass is 327 g/mol. The summed E-state index contributed by atoms with van der Waals surface area (Å²) in [6.45, 7) is 10.2. The van der Waals surface area contributed by atoms with Gasteiger partial charge in [0.2, 0.25) is 0 Å². The van der Waals surface area contributed by atoms with Crippen LogP contribution in [0.25, 0.3) is 0 Å². The number of aromatic nitrogens is 2. The molecule has 4 heteroatoms. The van der Waals surface area contributed by atoms with Crippen molar-refractivity contribution >= 4 is 15.9 Å². The van der Waals surface area contributed by atoms with Gasteiger partial charge >= 0.3 is 0 Å². The summed E-state index contributed by atoms with van der Waals surface area (Å²) in [7, 11) is 2.04. The summed E-state index contributed by atoms with van der Waals surface area (Å²) in [6, 6.07) is 0.773. The van der Waals surface area contributed by atoms with Gasteiger partial charge < -0.3 is 5.32 Å². The Hall–Kier alpha value is -0.350. The highest BCUT2D eigenvalue weighted by atomic mass is 79.9. The Balaban J connectivity index is 2.14. The number of rotatable bonds is 6. The van der Waals surface area contributed by atoms with Gasteiger partial charge in [0.15, 0.2) is 0 Å². The van der Waals surface area contributed by atoms with E-state index in [0.717, 1.165) is 24.7 Å². The average Bonchev–Trinajstić information content (AvgIpc) is 3.12. The van der Waals surface area contributed by atoms with Crippen LogP contribution in [0.1, 0.15) is 45.0 Å². The maximum atomic E-state index is 4.51. The van der Waals surface area contributed by atoms with E-state index in [-0.39, 0.29) is 5.41 Å². The Labute approximate surface area is 125 Å². The molecule has 1 N–H and O–H groups in total. The standard InChI is InChI=1S/C15H26BrN3/c1-10(2)15(4,9-17-12-6-7-12)8-13-14(16)11(3)18-19(13)5/h10,12,17H,6-9H2,1-5H3. The van der Waals surface area contributed by atoms with Crippen LogP contribution in [0.5, 0.6) is 0 Å². The average molecular weight is 328 g/mol. The molecule has 1 aliphatic rings. The molecule has 0 spiro atoms. The molecule has 1 aromatic rings. The maximum absolute atomic E-state index is 4.51. The van der Waals surface area contributed by atoms with Gasteiger partial charge in [-0.25, -0.2) is 0 Å². The second kappa shape index (κ2) is 5.57. The first-order valence-electron chi connectivity index (χ1n) is 7.25. The number of halogens is 1. The molecule has 0 amide bonds. The van der Waals surface area contributed by atoms with Crippen LogP contribution in [-0.4, -0.2) is 22.4 Å². The van der Waals surface area contributed by atoms with Gasteiger partial charge in [-0.15, -0.1) is 0 Å². The molecule has 1 fully saturated rings. The summed E-state index contributed by atoms with van der Waals surface area (Å²) in [5.74, 6) is 0.640. The van der Waals surface area contributed by atoms with E-state index in [0.29, 0.717) is 5.92 Å². The molecule has 1 saturated carbocycles. The zero-order chi connectivity index (χ0) is 14.2. The largest absolute Gasteiger partial charge is 0.313 e. The second-order valence-electron chi connectivity index (χ2n) is 6.61. The minimum atomic E-state index is 0.269. The molecule has 2 rings (SSSR count). The van der Waals surface area contributed by atoms with Crippen LogP contribution in [0.2, 0.25) is 0 Å². The van der Waals surface area contributed by atoms with Crippen molar-refractivity contribution in [2.45, 2.75) is 53.0 Å². The second-order valence-corrected chi connectivity index (χ2v) is 7.40. The molecule has 1 heterocycles. The molecule has 3 nitrogen and oxygen atoms in total. The van der Waals surface area contributed by atoms with E-state index in [1.807, 2.05) is 11.7 Å². The topological polar surface area (TPSA) is 29.9 Å². The van der Waals surface area contributed by atoms with Crippen LogP contribution in [0.3, 0.4) is 0 Å². The van der Waals surface area contributed by atoms with Crippen LogP contribution in [0.4, 0.5) is 0 Å². The van der Waals surface area contributed by atoms with Gasteiger partial charge in [0, 0.05) is 19.6 Å². The zero-order valence-corrected chi connectivity index (χ0v) is 14.3. The molecule has 108 valence electrons. The van der Waals surface area contributed by atoms with E-state index in [1.54, 1.807) is 0 Å². The highest BCUT2D eigenvalue weighted by Gasteiger charge is 2.33. The summed E-state index contributed by atoms with van der Waals surface area (Å²) >= 11 is 3.69. The van der Waals surface area contributed by atoms with Gasteiger partial charge in [-0.1, -0.05) is 20.8 Å². The van der Waals surface area contributed by atoms with Crippen molar-refractivity contribution in [1.82, 2.24) is 15.1 Å². The summed E-state index contributed by atoms with van der Waals surface area (Å²) in [4.78, 5) is 0. The van der Waals surface area contributed by atoms with Crippen molar-refractivity contribution in [1.29, 1.82) is 0 Å². The quantitative estimate of drug-likeness (QED) is 0.867. The molecule has 1 aliphatic carbocycles. The highest BCUT2D eigenvalue weighted by Crippen LogP contribution is 2.35. The zero-order valence-electron chi connectivity index (χ0n) is 12.8. The molecule has 1 atom stereocenters. The summed E-state index contributed by atoms with van der Waals surface area (Å²) in [5.41, 5.74) is 2.66. The smallest absolute Gasteiger partial charge is 0.0738 e. The first kappa shape index (κ1) is 15.0. The van der Waals surface area contributed by atoms with Gasteiger partial charge in [-0.3, -0.25) is 4.68 Å². The minimum absolute atomic E-state index is 0.269. The third kappa shape index (κ3) is 3.40. The Morgan fingerprint density at radius 2 is 2.11 bits per heavy atom. The Morgan fingerprint density at radius 3 is 2.53 bits per heavy atom. The fourth-order valence-corrected chi connectivity index (χ4v) is 2.87. The van der Waals surface area contributed by atoms with Gasteiger partial charge in [-0.05, 0) is 53.4 Å². The molecular weight excluding hydrogens is 302 g/mol. The van der Waals surface area contributed by atoms with Crippen LogP contribution in [0, 0.1) is 18.3 Å². The summed E-state index contributed by atoms with van der Waals surface area (Å²) in [5, 5.41) is 8.21. The van der Waals surface area contributed by atoms with Crippen molar-refractivity contribution in [3.63, 3.8) is 0 Å². The Kier molecular flexibility index (Phi) is 4.41. The van der Waals surface area contributed by atoms with Crippen LogP contribution in [0.15, 0.2) is 4.47 Å². The Bertz CT molecular complexity index is 448. The normalized spacial score (nSPS) is 18.9. The van der Waals surface area contributed by atoms with Crippen LogP contribution >= 0.6 is 15.9 Å². The minimum Gasteiger partial charge on any atom is -0.313 e. The third-order valence-corrected chi connectivity index (χ3v) is 5.63. The van der Waals surface area contributed by atoms with E-state index < -0.39 is 0 Å². The van der Waals surface area contributed by atoms with E-state index in [2.05, 4.69) is 54.0 Å². The third-order valence-electron chi connectivity index (χ3n) is 4.60. The van der Waals surface area contributed by atoms with Gasteiger partial charge in [0.05, 0.1) is 15.9 Å². The van der Waals surface area contributed by atoms with Crippen molar-refractivity contribution in [2.24, 2.45) is 18.4 Å². The van der Waals surface area contributed by atoms with Crippen molar-refractivity contribution in [2.75, 3.05) is 6.54 Å². The lowest BCUT2D eigenvalue weighted by Gasteiger charge is -2.34. The molecule has 1 unspecified atom stereocenters. The summed E-state index contributed by atoms with van der Waals surface area (Å²) < 4.78 is 3.20.